The van der Waals surface area contributed by atoms with Crippen LogP contribution >= 0.6 is 15.9 Å². The number of hydrogen-bond donors (Lipinski definition) is 2. The first kappa shape index (κ1) is 14.7. The number of amides is 2. The molecule has 112 valence electrons. The molecule has 0 spiro atoms. The standard InChI is InChI=1S/C16H14BrN3O2/c17-12-5-8-14(18-9-12)20-16(22)11-3-6-13(7-4-11)19-15(21)10-1-2-10/h3-10H,1-2H2,(H,19,21)(H,18,20,22). The van der Waals surface area contributed by atoms with Crippen molar-refractivity contribution in [3.63, 3.8) is 0 Å². The fourth-order valence-electron chi connectivity index (χ4n) is 1.93. The van der Waals surface area contributed by atoms with Crippen molar-refractivity contribution in [3.8, 4) is 0 Å². The molecule has 2 aromatic rings. The number of benzene rings is 1. The second-order valence-corrected chi connectivity index (χ2v) is 6.07. The molecule has 0 radical (unpaired) electrons. The molecule has 1 aromatic carbocycles. The summed E-state index contributed by atoms with van der Waals surface area (Å²) in [5, 5.41) is 5.55. The van der Waals surface area contributed by atoms with Gasteiger partial charge in [-0.3, -0.25) is 9.59 Å². The maximum Gasteiger partial charge on any atom is 0.256 e. The van der Waals surface area contributed by atoms with E-state index in [0.717, 1.165) is 17.3 Å². The van der Waals surface area contributed by atoms with E-state index in [0.29, 0.717) is 17.1 Å². The number of carbonyl (C=O) groups excluding carboxylic acids is 2. The molecule has 1 aliphatic carbocycles. The first-order chi connectivity index (χ1) is 10.6. The van der Waals surface area contributed by atoms with Gasteiger partial charge in [-0.2, -0.15) is 0 Å². The Morgan fingerprint density at radius 2 is 1.77 bits per heavy atom. The van der Waals surface area contributed by atoms with Gasteiger partial charge in [0, 0.05) is 27.8 Å². The van der Waals surface area contributed by atoms with Gasteiger partial charge in [0.2, 0.25) is 5.91 Å². The number of carbonyl (C=O) groups is 2. The summed E-state index contributed by atoms with van der Waals surface area (Å²) in [7, 11) is 0. The molecule has 0 atom stereocenters. The van der Waals surface area contributed by atoms with Crippen LogP contribution in [0.15, 0.2) is 47.1 Å². The highest BCUT2D eigenvalue weighted by atomic mass is 79.9. The van der Waals surface area contributed by atoms with E-state index in [1.165, 1.54) is 0 Å². The maximum atomic E-state index is 12.1. The molecule has 6 heteroatoms. The summed E-state index contributed by atoms with van der Waals surface area (Å²) in [6.07, 6.45) is 3.55. The van der Waals surface area contributed by atoms with Gasteiger partial charge in [0.05, 0.1) is 0 Å². The van der Waals surface area contributed by atoms with E-state index in [9.17, 15) is 9.59 Å². The van der Waals surface area contributed by atoms with E-state index in [4.69, 9.17) is 0 Å². The predicted molar refractivity (Wildman–Crippen MR) is 87.7 cm³/mol. The minimum atomic E-state index is -0.241. The lowest BCUT2D eigenvalue weighted by Gasteiger charge is -2.07. The Morgan fingerprint density at radius 3 is 2.36 bits per heavy atom. The lowest BCUT2D eigenvalue weighted by atomic mass is 10.2. The first-order valence-corrected chi connectivity index (χ1v) is 7.75. The number of nitrogens with zero attached hydrogens (tertiary/aromatic N) is 1. The summed E-state index contributed by atoms with van der Waals surface area (Å²) in [4.78, 5) is 27.9. The average Bonchev–Trinajstić information content (AvgIpc) is 3.35. The van der Waals surface area contributed by atoms with Crippen molar-refractivity contribution >= 4 is 39.2 Å². The third-order valence-electron chi connectivity index (χ3n) is 3.33. The van der Waals surface area contributed by atoms with Crippen LogP contribution in [0.2, 0.25) is 0 Å². The second-order valence-electron chi connectivity index (χ2n) is 5.16. The SMILES string of the molecule is O=C(Nc1ccc(Br)cn1)c1ccc(NC(=O)C2CC2)cc1. The van der Waals surface area contributed by atoms with Crippen molar-refractivity contribution in [2.24, 2.45) is 5.92 Å². The van der Waals surface area contributed by atoms with Gasteiger partial charge in [-0.1, -0.05) is 0 Å². The van der Waals surface area contributed by atoms with Gasteiger partial charge in [-0.25, -0.2) is 4.98 Å². The van der Waals surface area contributed by atoms with Crippen LogP contribution in [0.4, 0.5) is 11.5 Å². The van der Waals surface area contributed by atoms with Gasteiger partial charge < -0.3 is 10.6 Å². The number of nitrogens with one attached hydrogen (secondary N) is 2. The molecule has 0 unspecified atom stereocenters. The van der Waals surface area contributed by atoms with E-state index in [-0.39, 0.29) is 17.7 Å². The van der Waals surface area contributed by atoms with Crippen LogP contribution in [0.1, 0.15) is 23.2 Å². The zero-order valence-corrected chi connectivity index (χ0v) is 13.3. The van der Waals surface area contributed by atoms with E-state index in [1.807, 2.05) is 0 Å². The Bertz CT molecular complexity index is 694. The Labute approximate surface area is 136 Å². The first-order valence-electron chi connectivity index (χ1n) is 6.95. The molecule has 5 nitrogen and oxygen atoms in total. The molecule has 0 bridgehead atoms. The summed E-state index contributed by atoms with van der Waals surface area (Å²) in [5.41, 5.74) is 1.21. The van der Waals surface area contributed by atoms with Crippen molar-refractivity contribution < 1.29 is 9.59 Å². The predicted octanol–water partition coefficient (Wildman–Crippen LogP) is 3.44. The summed E-state index contributed by atoms with van der Waals surface area (Å²) >= 11 is 3.29. The van der Waals surface area contributed by atoms with E-state index in [1.54, 1.807) is 42.6 Å². The summed E-state index contributed by atoms with van der Waals surface area (Å²) in [6.45, 7) is 0. The Morgan fingerprint density at radius 1 is 1.05 bits per heavy atom. The topological polar surface area (TPSA) is 71.1 Å². The zero-order chi connectivity index (χ0) is 15.5. The fourth-order valence-corrected chi connectivity index (χ4v) is 2.17. The molecule has 1 fully saturated rings. The molecule has 3 rings (SSSR count). The Balaban J connectivity index is 1.62. The maximum absolute atomic E-state index is 12.1. The van der Waals surface area contributed by atoms with Crippen LogP contribution in [-0.2, 0) is 4.79 Å². The van der Waals surface area contributed by atoms with Gasteiger partial charge in [0.15, 0.2) is 0 Å². The number of pyridine rings is 1. The summed E-state index contributed by atoms with van der Waals surface area (Å²) in [6, 6.07) is 10.3. The van der Waals surface area contributed by atoms with Crippen LogP contribution in [0.3, 0.4) is 0 Å². The molecule has 1 saturated carbocycles. The highest BCUT2D eigenvalue weighted by Crippen LogP contribution is 2.30. The van der Waals surface area contributed by atoms with Crippen LogP contribution in [0, 0.1) is 5.92 Å². The number of hydrogen-bond acceptors (Lipinski definition) is 3. The van der Waals surface area contributed by atoms with Gasteiger partial charge in [0.1, 0.15) is 5.82 Å². The number of halogens is 1. The molecular weight excluding hydrogens is 346 g/mol. The number of aromatic nitrogens is 1. The lowest BCUT2D eigenvalue weighted by Crippen LogP contribution is -2.14. The fraction of sp³-hybridized carbons (Fsp3) is 0.188. The third-order valence-corrected chi connectivity index (χ3v) is 3.80. The summed E-state index contributed by atoms with van der Waals surface area (Å²) in [5.74, 6) is 0.455. The quantitative estimate of drug-likeness (QED) is 0.878. The molecule has 1 aliphatic rings. The van der Waals surface area contributed by atoms with Gasteiger partial charge in [0.25, 0.3) is 5.91 Å². The smallest absolute Gasteiger partial charge is 0.256 e. The molecular formula is C16H14BrN3O2. The Hall–Kier alpha value is -2.21. The normalized spacial score (nSPS) is 13.5. The highest BCUT2D eigenvalue weighted by Gasteiger charge is 2.29. The molecule has 2 amide bonds. The Kier molecular flexibility index (Phi) is 4.20. The molecule has 1 heterocycles. The van der Waals surface area contributed by atoms with E-state index in [2.05, 4.69) is 31.5 Å². The lowest BCUT2D eigenvalue weighted by molar-refractivity contribution is -0.117. The van der Waals surface area contributed by atoms with Crippen LogP contribution in [0.25, 0.3) is 0 Å². The molecule has 1 aromatic heterocycles. The van der Waals surface area contributed by atoms with Gasteiger partial charge >= 0.3 is 0 Å². The highest BCUT2D eigenvalue weighted by molar-refractivity contribution is 9.10. The number of rotatable bonds is 4. The molecule has 2 N–H and O–H groups in total. The van der Waals surface area contributed by atoms with E-state index >= 15 is 0 Å². The molecule has 0 aliphatic heterocycles. The van der Waals surface area contributed by atoms with Gasteiger partial charge in [-0.05, 0) is 65.2 Å². The molecule has 0 saturated heterocycles. The van der Waals surface area contributed by atoms with Gasteiger partial charge in [-0.15, -0.1) is 0 Å². The monoisotopic (exact) mass is 359 g/mol. The largest absolute Gasteiger partial charge is 0.326 e. The van der Waals surface area contributed by atoms with E-state index < -0.39 is 0 Å². The van der Waals surface area contributed by atoms with Crippen molar-refractivity contribution in [1.29, 1.82) is 0 Å². The van der Waals surface area contributed by atoms with Crippen LogP contribution in [0.5, 0.6) is 0 Å². The number of anilines is 2. The zero-order valence-electron chi connectivity index (χ0n) is 11.7. The van der Waals surface area contributed by atoms with Crippen LogP contribution < -0.4 is 10.6 Å². The van der Waals surface area contributed by atoms with Crippen molar-refractivity contribution in [1.82, 2.24) is 4.98 Å². The third kappa shape index (κ3) is 3.71. The second kappa shape index (κ2) is 6.27. The minimum Gasteiger partial charge on any atom is -0.326 e. The molecule has 22 heavy (non-hydrogen) atoms. The van der Waals surface area contributed by atoms with Crippen molar-refractivity contribution in [3.05, 3.63) is 52.6 Å². The van der Waals surface area contributed by atoms with Crippen molar-refractivity contribution in [2.45, 2.75) is 12.8 Å². The summed E-state index contributed by atoms with van der Waals surface area (Å²) < 4.78 is 0.848. The average molecular weight is 360 g/mol. The minimum absolute atomic E-state index is 0.0521. The van der Waals surface area contributed by atoms with Crippen molar-refractivity contribution in [2.75, 3.05) is 10.6 Å². The van der Waals surface area contributed by atoms with Crippen LogP contribution in [-0.4, -0.2) is 16.8 Å².